The van der Waals surface area contributed by atoms with Gasteiger partial charge in [-0.05, 0) is 84.3 Å². The van der Waals surface area contributed by atoms with Crippen LogP contribution in [-0.4, -0.2) is 68.2 Å². The van der Waals surface area contributed by atoms with E-state index in [-0.39, 0.29) is 5.91 Å². The summed E-state index contributed by atoms with van der Waals surface area (Å²) in [7, 11) is 0. The van der Waals surface area contributed by atoms with E-state index < -0.39 is 0 Å². The first kappa shape index (κ1) is 26.9. The van der Waals surface area contributed by atoms with Crippen molar-refractivity contribution in [1.29, 1.82) is 0 Å². The van der Waals surface area contributed by atoms with Gasteiger partial charge < -0.3 is 15.0 Å². The summed E-state index contributed by atoms with van der Waals surface area (Å²) in [5, 5.41) is 8.79. The number of benzene rings is 1. The average Bonchev–Trinajstić information content (AvgIpc) is 3.49. The molecule has 35 heavy (non-hydrogen) atoms. The van der Waals surface area contributed by atoms with Gasteiger partial charge in [-0.1, -0.05) is 29.3 Å². The van der Waals surface area contributed by atoms with Gasteiger partial charge >= 0.3 is 0 Å². The third-order valence-electron chi connectivity index (χ3n) is 7.29. The molecule has 3 heterocycles. The van der Waals surface area contributed by atoms with E-state index in [9.17, 15) is 4.79 Å². The van der Waals surface area contributed by atoms with Crippen LogP contribution < -0.4 is 5.32 Å². The first-order chi connectivity index (χ1) is 17.0. The monoisotopic (exact) mass is 537 g/mol. The van der Waals surface area contributed by atoms with Gasteiger partial charge in [0.1, 0.15) is 0 Å². The first-order valence-electron chi connectivity index (χ1n) is 12.7. The number of hydrogen-bond acceptors (Lipinski definition) is 5. The predicted molar refractivity (Wildman–Crippen MR) is 146 cm³/mol. The van der Waals surface area contributed by atoms with Crippen molar-refractivity contribution in [3.63, 3.8) is 0 Å². The molecule has 2 unspecified atom stereocenters. The molecule has 2 atom stereocenters. The van der Waals surface area contributed by atoms with Gasteiger partial charge in [-0.2, -0.15) is 11.3 Å². The van der Waals surface area contributed by atoms with Crippen molar-refractivity contribution in [3.8, 4) is 0 Å². The minimum atomic E-state index is 0.0257. The molecule has 1 aromatic heterocycles. The Labute approximate surface area is 223 Å². The number of amides is 1. The molecule has 192 valence electrons. The zero-order valence-electron chi connectivity index (χ0n) is 20.6. The van der Waals surface area contributed by atoms with Crippen molar-refractivity contribution in [1.82, 2.24) is 15.1 Å². The molecule has 2 saturated heterocycles. The number of rotatable bonds is 11. The summed E-state index contributed by atoms with van der Waals surface area (Å²) in [5.74, 6) is 1.86. The van der Waals surface area contributed by atoms with E-state index in [1.54, 1.807) is 18.3 Å². The Morgan fingerprint density at radius 3 is 2.71 bits per heavy atom. The van der Waals surface area contributed by atoms with Gasteiger partial charge in [0.15, 0.2) is 0 Å². The van der Waals surface area contributed by atoms with Gasteiger partial charge in [0.2, 0.25) is 5.91 Å². The summed E-state index contributed by atoms with van der Waals surface area (Å²) in [6, 6.07) is 8.14. The molecular formula is C27H37Cl2N3O2S. The highest BCUT2D eigenvalue weighted by molar-refractivity contribution is 7.08. The molecule has 0 spiro atoms. The van der Waals surface area contributed by atoms with E-state index in [0.717, 1.165) is 69.5 Å². The van der Waals surface area contributed by atoms with Crippen LogP contribution in [0.1, 0.15) is 43.2 Å². The van der Waals surface area contributed by atoms with Gasteiger partial charge in [-0.3, -0.25) is 9.69 Å². The average molecular weight is 539 g/mol. The van der Waals surface area contributed by atoms with Crippen molar-refractivity contribution < 1.29 is 9.53 Å². The summed E-state index contributed by atoms with van der Waals surface area (Å²) >= 11 is 14.4. The van der Waals surface area contributed by atoms with Crippen LogP contribution in [0, 0.1) is 11.8 Å². The van der Waals surface area contributed by atoms with Crippen LogP contribution in [0.5, 0.6) is 0 Å². The lowest BCUT2D eigenvalue weighted by atomic mass is 9.89. The van der Waals surface area contributed by atoms with E-state index >= 15 is 0 Å². The van der Waals surface area contributed by atoms with E-state index in [0.29, 0.717) is 29.3 Å². The summed E-state index contributed by atoms with van der Waals surface area (Å²) in [6.07, 6.45) is 3.28. The fourth-order valence-electron chi connectivity index (χ4n) is 5.39. The molecule has 1 N–H and O–H groups in total. The Kier molecular flexibility index (Phi) is 10.3. The second-order valence-corrected chi connectivity index (χ2v) is 11.6. The fraction of sp³-hybridized carbons (Fsp3) is 0.593. The predicted octanol–water partition coefficient (Wildman–Crippen LogP) is 5.53. The van der Waals surface area contributed by atoms with Crippen molar-refractivity contribution in [2.24, 2.45) is 11.8 Å². The third-order valence-corrected chi connectivity index (χ3v) is 8.58. The normalized spacial score (nSPS) is 22.0. The zero-order chi connectivity index (χ0) is 24.6. The maximum Gasteiger partial charge on any atom is 0.216 e. The van der Waals surface area contributed by atoms with Gasteiger partial charge in [0.05, 0.1) is 0 Å². The van der Waals surface area contributed by atoms with Gasteiger partial charge in [0.25, 0.3) is 0 Å². The van der Waals surface area contributed by atoms with E-state index in [2.05, 4.69) is 38.0 Å². The van der Waals surface area contributed by atoms with Crippen molar-refractivity contribution >= 4 is 40.4 Å². The molecule has 1 aromatic carbocycles. The molecule has 1 amide bonds. The van der Waals surface area contributed by atoms with Crippen molar-refractivity contribution in [3.05, 3.63) is 56.2 Å². The smallest absolute Gasteiger partial charge is 0.216 e. The molecule has 4 rings (SSSR count). The number of ether oxygens (including phenoxy) is 1. The molecule has 5 nitrogen and oxygen atoms in total. The lowest BCUT2D eigenvalue weighted by molar-refractivity contribution is -0.119. The highest BCUT2D eigenvalue weighted by atomic mass is 35.5. The highest BCUT2D eigenvalue weighted by Crippen LogP contribution is 2.36. The van der Waals surface area contributed by atoms with Crippen LogP contribution in [0.4, 0.5) is 0 Å². The zero-order valence-corrected chi connectivity index (χ0v) is 22.9. The molecule has 0 radical (unpaired) electrons. The van der Waals surface area contributed by atoms with Crippen LogP contribution >= 0.6 is 34.5 Å². The standard InChI is InChI=1S/C27H37Cl2N3O2S/c1-20(33)30-8-2-11-34-18-21-5-9-31(10-6-21)15-24-16-32(17-26(24)23-7-12-35-19-23)14-22-3-4-25(28)13-27(22)29/h3-4,7,12-13,19,21,24,26H,2,5-6,8-11,14-18H2,1H3,(H,30,33). The van der Waals surface area contributed by atoms with E-state index in [4.69, 9.17) is 27.9 Å². The highest BCUT2D eigenvalue weighted by Gasteiger charge is 2.36. The Hall–Kier alpha value is -1.15. The maximum absolute atomic E-state index is 10.9. The number of thiophene rings is 1. The quantitative estimate of drug-likeness (QED) is 0.383. The fourth-order valence-corrected chi connectivity index (χ4v) is 6.58. The number of likely N-dealkylation sites (tertiary alicyclic amines) is 2. The van der Waals surface area contributed by atoms with Crippen molar-refractivity contribution in [2.45, 2.75) is 38.6 Å². The number of carbonyl (C=O) groups excluding carboxylic acids is 1. The van der Waals surface area contributed by atoms with Crippen LogP contribution in [-0.2, 0) is 16.1 Å². The number of nitrogens with zero attached hydrogens (tertiary/aromatic N) is 2. The summed E-state index contributed by atoms with van der Waals surface area (Å²) in [4.78, 5) is 16.1. The molecular weight excluding hydrogens is 501 g/mol. The Morgan fingerprint density at radius 1 is 1.17 bits per heavy atom. The number of carbonyl (C=O) groups is 1. The number of hydrogen-bond donors (Lipinski definition) is 1. The van der Waals surface area contributed by atoms with Gasteiger partial charge in [0, 0.05) is 68.8 Å². The molecule has 0 aliphatic carbocycles. The summed E-state index contributed by atoms with van der Waals surface area (Å²) < 4.78 is 5.88. The number of nitrogens with one attached hydrogen (secondary N) is 1. The minimum Gasteiger partial charge on any atom is -0.381 e. The van der Waals surface area contributed by atoms with Crippen LogP contribution in [0.25, 0.3) is 0 Å². The Bertz CT molecular complexity index is 935. The lowest BCUT2D eigenvalue weighted by Crippen LogP contribution is -2.39. The summed E-state index contributed by atoms with van der Waals surface area (Å²) in [6.45, 7) is 10.3. The van der Waals surface area contributed by atoms with Crippen LogP contribution in [0.15, 0.2) is 35.0 Å². The Morgan fingerprint density at radius 2 is 2.00 bits per heavy atom. The molecule has 0 bridgehead atoms. The minimum absolute atomic E-state index is 0.0257. The number of halogens is 2. The largest absolute Gasteiger partial charge is 0.381 e. The SMILES string of the molecule is CC(=O)NCCCOCC1CCN(CC2CN(Cc3ccc(Cl)cc3Cl)CC2c2ccsc2)CC1. The summed E-state index contributed by atoms with van der Waals surface area (Å²) in [5.41, 5.74) is 2.63. The number of piperidine rings is 1. The molecule has 2 aliphatic rings. The van der Waals surface area contributed by atoms with Gasteiger partial charge in [-0.15, -0.1) is 0 Å². The maximum atomic E-state index is 10.9. The van der Waals surface area contributed by atoms with E-state index in [1.165, 1.54) is 18.4 Å². The first-order valence-corrected chi connectivity index (χ1v) is 14.4. The second-order valence-electron chi connectivity index (χ2n) is 10.0. The topological polar surface area (TPSA) is 44.8 Å². The van der Waals surface area contributed by atoms with E-state index in [1.807, 2.05) is 12.1 Å². The van der Waals surface area contributed by atoms with Gasteiger partial charge in [-0.25, -0.2) is 0 Å². The van der Waals surface area contributed by atoms with Crippen molar-refractivity contribution in [2.75, 3.05) is 52.5 Å². The molecule has 8 heteroatoms. The third kappa shape index (κ3) is 8.17. The molecule has 2 fully saturated rings. The van der Waals surface area contributed by atoms with Crippen LogP contribution in [0.2, 0.25) is 10.0 Å². The molecule has 2 aliphatic heterocycles. The molecule has 0 saturated carbocycles. The van der Waals surface area contributed by atoms with Crippen LogP contribution in [0.3, 0.4) is 0 Å². The lowest BCUT2D eigenvalue weighted by Gasteiger charge is -2.34. The second kappa shape index (κ2) is 13.4. The molecule has 2 aromatic rings. The Balaban J connectivity index is 1.24.